The third-order valence-corrected chi connectivity index (χ3v) is 11.6. The quantitative estimate of drug-likeness (QED) is 0.0262. The highest BCUT2D eigenvalue weighted by molar-refractivity contribution is 5.71. The number of rotatable bonds is 50. The van der Waals surface area contributed by atoms with Crippen molar-refractivity contribution in [2.45, 2.75) is 245 Å². The second-order valence-electron chi connectivity index (χ2n) is 18.5. The fraction of sp³-hybridized carbons (Fsp3) is 0.615. The third-order valence-electron chi connectivity index (χ3n) is 11.6. The third kappa shape index (κ3) is 56.3. The molecule has 0 aromatic heterocycles. The lowest BCUT2D eigenvalue weighted by molar-refractivity contribution is -0.167. The second-order valence-corrected chi connectivity index (χ2v) is 18.5. The van der Waals surface area contributed by atoms with Crippen molar-refractivity contribution in [1.29, 1.82) is 0 Å². The molecule has 0 heterocycles. The maximum absolute atomic E-state index is 12.9. The van der Waals surface area contributed by atoms with E-state index < -0.39 is 6.10 Å². The molecule has 0 N–H and O–H groups in total. The van der Waals surface area contributed by atoms with Crippen molar-refractivity contribution in [1.82, 2.24) is 0 Å². The lowest BCUT2D eigenvalue weighted by Gasteiger charge is -2.18. The van der Waals surface area contributed by atoms with E-state index in [1.165, 1.54) is 51.4 Å². The standard InChI is InChI=1S/C65H104O6/c1-4-7-10-13-16-19-22-25-28-31-32-35-38-41-44-47-50-53-56-59-65(68)71-62(60-69-63(66)57-54-51-48-45-42-39-36-33-29-26-23-20-17-14-11-8-5-2)61-70-64(67)58-55-52-49-46-43-40-37-34-30-27-24-21-18-15-12-9-6-3/h8,11,16-21,25-30,32,35-37,39-41,44,62H,4-7,9-10,12-15,22-24,31,33-34,38,42-43,45-61H2,1-3H3/b11-8-,19-16-,20-17-,21-18-,28-25-,29-26-,30-27-,35-32-,39-36-,40-37-,44-41-/t62-/m1/s1. The van der Waals surface area contributed by atoms with Crippen LogP contribution >= 0.6 is 0 Å². The molecule has 0 fully saturated rings. The van der Waals surface area contributed by atoms with Gasteiger partial charge in [-0.15, -0.1) is 0 Å². The zero-order valence-corrected chi connectivity index (χ0v) is 45.7. The van der Waals surface area contributed by atoms with Crippen LogP contribution < -0.4 is 0 Å². The maximum Gasteiger partial charge on any atom is 0.306 e. The van der Waals surface area contributed by atoms with E-state index in [-0.39, 0.29) is 37.5 Å². The molecular formula is C65H104O6. The van der Waals surface area contributed by atoms with Gasteiger partial charge in [-0.3, -0.25) is 14.4 Å². The Morgan fingerprint density at radius 2 is 0.549 bits per heavy atom. The molecule has 0 aromatic carbocycles. The number of unbranched alkanes of at least 4 members (excludes halogenated alkanes) is 17. The molecule has 71 heavy (non-hydrogen) atoms. The molecule has 0 aliphatic carbocycles. The van der Waals surface area contributed by atoms with E-state index >= 15 is 0 Å². The van der Waals surface area contributed by atoms with Crippen LogP contribution in [0.25, 0.3) is 0 Å². The SMILES string of the molecule is CC/C=C\C/C=C\C/C=C\C/C=C\CCCCCCC(=O)OC[C@H](COC(=O)CCCCCC/C=C\C/C=C\C/C=C\CCCCC)OC(=O)CCCCC/C=C\C/C=C\C/C=C\C/C=C\CCCCC. The minimum absolute atomic E-state index is 0.115. The Kier molecular flexibility index (Phi) is 54.5. The highest BCUT2D eigenvalue weighted by Crippen LogP contribution is 2.12. The van der Waals surface area contributed by atoms with Crippen LogP contribution in [0, 0.1) is 0 Å². The predicted octanol–water partition coefficient (Wildman–Crippen LogP) is 19.4. The minimum atomic E-state index is -0.821. The van der Waals surface area contributed by atoms with Gasteiger partial charge in [-0.25, -0.2) is 0 Å². The maximum atomic E-state index is 12.9. The van der Waals surface area contributed by atoms with Crippen molar-refractivity contribution in [3.8, 4) is 0 Å². The zero-order valence-electron chi connectivity index (χ0n) is 45.7. The van der Waals surface area contributed by atoms with Crippen molar-refractivity contribution in [3.63, 3.8) is 0 Å². The van der Waals surface area contributed by atoms with Gasteiger partial charge in [0.25, 0.3) is 0 Å². The summed E-state index contributed by atoms with van der Waals surface area (Å²) in [6, 6.07) is 0. The van der Waals surface area contributed by atoms with Gasteiger partial charge in [0.2, 0.25) is 0 Å². The van der Waals surface area contributed by atoms with Crippen LogP contribution in [0.5, 0.6) is 0 Å². The molecule has 400 valence electrons. The topological polar surface area (TPSA) is 78.9 Å². The van der Waals surface area contributed by atoms with Crippen LogP contribution in [0.15, 0.2) is 134 Å². The number of esters is 3. The van der Waals surface area contributed by atoms with E-state index in [1.807, 2.05) is 0 Å². The van der Waals surface area contributed by atoms with Crippen molar-refractivity contribution in [3.05, 3.63) is 134 Å². The molecule has 0 amide bonds. The zero-order chi connectivity index (χ0) is 51.4. The molecule has 0 bridgehead atoms. The fourth-order valence-corrected chi connectivity index (χ4v) is 7.30. The van der Waals surface area contributed by atoms with Gasteiger partial charge in [-0.05, 0) is 141 Å². The molecular weight excluding hydrogens is 877 g/mol. The Balaban J connectivity index is 4.57. The Hall–Kier alpha value is -4.45. The second kappa shape index (κ2) is 58.1. The van der Waals surface area contributed by atoms with Gasteiger partial charge in [0.1, 0.15) is 13.2 Å². The van der Waals surface area contributed by atoms with Gasteiger partial charge in [-0.1, -0.05) is 212 Å². The summed E-state index contributed by atoms with van der Waals surface area (Å²) in [5, 5.41) is 0. The Morgan fingerprint density at radius 3 is 0.859 bits per heavy atom. The van der Waals surface area contributed by atoms with Gasteiger partial charge in [0, 0.05) is 19.3 Å². The first kappa shape index (κ1) is 66.6. The van der Waals surface area contributed by atoms with E-state index in [1.54, 1.807) is 0 Å². The van der Waals surface area contributed by atoms with E-state index in [4.69, 9.17) is 14.2 Å². The summed E-state index contributed by atoms with van der Waals surface area (Å²) in [6.45, 7) is 6.39. The Labute approximate surface area is 436 Å². The van der Waals surface area contributed by atoms with Gasteiger partial charge in [0.05, 0.1) is 0 Å². The number of carbonyl (C=O) groups excluding carboxylic acids is 3. The highest BCUT2D eigenvalue weighted by atomic mass is 16.6. The van der Waals surface area contributed by atoms with Crippen molar-refractivity contribution < 1.29 is 28.6 Å². The number of hydrogen-bond acceptors (Lipinski definition) is 6. The monoisotopic (exact) mass is 981 g/mol. The summed E-state index contributed by atoms with van der Waals surface area (Å²) in [5.74, 6) is -0.995. The van der Waals surface area contributed by atoms with Crippen LogP contribution in [0.4, 0.5) is 0 Å². The summed E-state index contributed by atoms with van der Waals surface area (Å²) in [6.07, 6.45) is 81.4. The first-order chi connectivity index (χ1) is 35.0. The first-order valence-electron chi connectivity index (χ1n) is 28.7. The molecule has 0 saturated heterocycles. The molecule has 0 aliphatic rings. The summed E-state index contributed by atoms with van der Waals surface area (Å²) in [5.41, 5.74) is 0. The summed E-state index contributed by atoms with van der Waals surface area (Å²) < 4.78 is 16.8. The molecule has 0 rings (SSSR count). The van der Waals surface area contributed by atoms with Crippen molar-refractivity contribution in [2.24, 2.45) is 0 Å². The average Bonchev–Trinajstić information content (AvgIpc) is 3.37. The molecule has 0 unspecified atom stereocenters. The molecule has 0 radical (unpaired) electrons. The number of hydrogen-bond donors (Lipinski definition) is 0. The highest BCUT2D eigenvalue weighted by Gasteiger charge is 2.19. The number of carbonyl (C=O) groups is 3. The molecule has 0 spiro atoms. The van der Waals surface area contributed by atoms with Crippen LogP contribution in [-0.4, -0.2) is 37.2 Å². The summed E-state index contributed by atoms with van der Waals surface area (Å²) in [4.78, 5) is 38.2. The summed E-state index contributed by atoms with van der Waals surface area (Å²) in [7, 11) is 0. The van der Waals surface area contributed by atoms with Crippen LogP contribution in [0.2, 0.25) is 0 Å². The number of allylic oxidation sites excluding steroid dienone is 22. The lowest BCUT2D eigenvalue weighted by atomic mass is 10.1. The normalized spacial score (nSPS) is 13.1. The van der Waals surface area contributed by atoms with Crippen LogP contribution in [-0.2, 0) is 28.6 Å². The number of ether oxygens (including phenoxy) is 3. The van der Waals surface area contributed by atoms with E-state index in [0.717, 1.165) is 141 Å². The fourth-order valence-electron chi connectivity index (χ4n) is 7.30. The average molecular weight is 982 g/mol. The smallest absolute Gasteiger partial charge is 0.306 e. The van der Waals surface area contributed by atoms with Crippen LogP contribution in [0.1, 0.15) is 239 Å². The largest absolute Gasteiger partial charge is 0.462 e. The minimum Gasteiger partial charge on any atom is -0.462 e. The molecule has 0 aliphatic heterocycles. The Morgan fingerprint density at radius 1 is 0.296 bits per heavy atom. The van der Waals surface area contributed by atoms with Crippen molar-refractivity contribution in [2.75, 3.05) is 13.2 Å². The van der Waals surface area contributed by atoms with Gasteiger partial charge in [0.15, 0.2) is 6.10 Å². The van der Waals surface area contributed by atoms with E-state index in [9.17, 15) is 14.4 Å². The molecule has 0 saturated carbocycles. The first-order valence-corrected chi connectivity index (χ1v) is 28.7. The van der Waals surface area contributed by atoms with Crippen molar-refractivity contribution >= 4 is 17.9 Å². The molecule has 1 atom stereocenters. The lowest BCUT2D eigenvalue weighted by Crippen LogP contribution is -2.30. The molecule has 6 nitrogen and oxygen atoms in total. The molecule has 6 heteroatoms. The van der Waals surface area contributed by atoms with Gasteiger partial charge >= 0.3 is 17.9 Å². The van der Waals surface area contributed by atoms with Crippen LogP contribution in [0.3, 0.4) is 0 Å². The van der Waals surface area contributed by atoms with E-state index in [2.05, 4.69) is 154 Å². The summed E-state index contributed by atoms with van der Waals surface area (Å²) >= 11 is 0. The van der Waals surface area contributed by atoms with E-state index in [0.29, 0.717) is 19.3 Å². The van der Waals surface area contributed by atoms with Gasteiger partial charge < -0.3 is 14.2 Å². The van der Waals surface area contributed by atoms with Gasteiger partial charge in [-0.2, -0.15) is 0 Å². The molecule has 0 aromatic rings. The Bertz CT molecular complexity index is 1550. The predicted molar refractivity (Wildman–Crippen MR) is 306 cm³/mol.